The molecule has 2 saturated heterocycles. The summed E-state index contributed by atoms with van der Waals surface area (Å²) in [5.74, 6) is -7.09. The summed E-state index contributed by atoms with van der Waals surface area (Å²) in [5, 5.41) is 54.1. The number of methoxy groups -OCH3 is 3. The molecule has 0 aromatic rings. The molecule has 4 aliphatic rings. The summed E-state index contributed by atoms with van der Waals surface area (Å²) < 4.78 is 41.0. The topological polar surface area (TPSA) is 251 Å². The number of aliphatic hydroxyl groups excluding tert-OH is 3. The second-order valence-electron chi connectivity index (χ2n) is 23.2. The molecular formula is C60H101N3O16. The molecule has 452 valence electrons. The van der Waals surface area contributed by atoms with Crippen molar-refractivity contribution in [1.29, 1.82) is 0 Å². The van der Waals surface area contributed by atoms with Crippen LogP contribution in [-0.4, -0.2) is 183 Å². The van der Waals surface area contributed by atoms with E-state index in [1.165, 1.54) is 12.0 Å². The Bertz CT molecular complexity index is 2020. The molecule has 0 aromatic carbocycles. The van der Waals surface area contributed by atoms with E-state index in [2.05, 4.69) is 30.4 Å². The zero-order valence-electron chi connectivity index (χ0n) is 49.8. The Hall–Kier alpha value is -3.63. The summed E-state index contributed by atoms with van der Waals surface area (Å²) in [4.78, 5) is 63.2. The summed E-state index contributed by atoms with van der Waals surface area (Å²) in [6.45, 7) is 19.1. The van der Waals surface area contributed by atoms with E-state index in [0.29, 0.717) is 95.5 Å². The quantitative estimate of drug-likeness (QED) is 0.0368. The number of hydrogen-bond acceptors (Lipinski definition) is 17. The lowest BCUT2D eigenvalue weighted by Crippen LogP contribution is -2.61. The van der Waals surface area contributed by atoms with Crippen LogP contribution in [0.2, 0.25) is 0 Å². The van der Waals surface area contributed by atoms with Gasteiger partial charge in [0.2, 0.25) is 5.79 Å². The lowest BCUT2D eigenvalue weighted by Gasteiger charge is -2.43. The number of oxime groups is 1. The Labute approximate surface area is 471 Å². The average molecular weight is 1120 g/mol. The zero-order valence-corrected chi connectivity index (χ0v) is 49.8. The number of aliphatic hydroxyl groups is 4. The molecule has 19 nitrogen and oxygen atoms in total. The van der Waals surface area contributed by atoms with Gasteiger partial charge in [-0.3, -0.25) is 14.4 Å². The van der Waals surface area contributed by atoms with Crippen LogP contribution in [0.5, 0.6) is 0 Å². The first kappa shape index (κ1) is 67.9. The second-order valence-corrected chi connectivity index (χ2v) is 23.2. The lowest BCUT2D eigenvalue weighted by atomic mass is 9.78. The molecule has 1 aliphatic carbocycles. The number of nitrogens with zero attached hydrogens (tertiary/aromatic N) is 2. The monoisotopic (exact) mass is 1120 g/mol. The first-order valence-corrected chi connectivity index (χ1v) is 29.3. The maximum atomic E-state index is 14.6. The third kappa shape index (κ3) is 20.3. The Morgan fingerprint density at radius 2 is 1.59 bits per heavy atom. The third-order valence-corrected chi connectivity index (χ3v) is 17.2. The summed E-state index contributed by atoms with van der Waals surface area (Å²) in [6, 6.07) is -1.13. The molecule has 79 heavy (non-hydrogen) atoms. The number of ketones is 1. The highest BCUT2D eigenvalue weighted by Gasteiger charge is 2.53. The van der Waals surface area contributed by atoms with Crippen LogP contribution in [0.4, 0.5) is 0 Å². The maximum Gasteiger partial charge on any atom is 0.329 e. The molecule has 0 aromatic heterocycles. The van der Waals surface area contributed by atoms with Crippen molar-refractivity contribution >= 4 is 29.3 Å². The standard InChI is InChI=1S/C60H101N3O16/c1-13-75-28-29-76-27-25-61-53(66)36-77-62-54-42(7)30-39(4)37(2)18-14-15-19-38(3)50(72-10)34-46-23-21-44(9)60(71,79-46)57(68)58(69)63-26-17-16-20-47(63)59(70)78-51(41(6)32-45-22-24-48(64)52(33-45)73-11)35-49(65)40(5)31-43(8)55(67)56(54)74-12/h14-15,19,31,37,39-42,44-52,55-56,64-65,67,71H,13,16-18,20-30,32-36H2,1-12H3,(H,61,66)/b15-14?,38-19?,43-31+,62-54+/t37?,39-,40+,41+,42+,44+,45-,46-,47-,48+,49+,50-,51-,52+,55+,56-,60+/m0/s1. The van der Waals surface area contributed by atoms with Gasteiger partial charge in [0, 0.05) is 71.6 Å². The highest BCUT2D eigenvalue weighted by Crippen LogP contribution is 2.38. The minimum absolute atomic E-state index is 0.00175. The van der Waals surface area contributed by atoms with Crippen molar-refractivity contribution < 1.29 is 77.6 Å². The van der Waals surface area contributed by atoms with Crippen LogP contribution in [-0.2, 0) is 57.2 Å². The van der Waals surface area contributed by atoms with Gasteiger partial charge in [0.15, 0.2) is 6.61 Å². The van der Waals surface area contributed by atoms with Crippen LogP contribution in [0.3, 0.4) is 0 Å². The van der Waals surface area contributed by atoms with E-state index in [1.54, 1.807) is 34.1 Å². The van der Waals surface area contributed by atoms with Gasteiger partial charge in [-0.2, -0.15) is 0 Å². The van der Waals surface area contributed by atoms with Gasteiger partial charge in [-0.1, -0.05) is 71.0 Å². The number of ether oxygens (including phenoxy) is 7. The van der Waals surface area contributed by atoms with Gasteiger partial charge in [0.1, 0.15) is 24.4 Å². The van der Waals surface area contributed by atoms with Crippen molar-refractivity contribution in [3.05, 3.63) is 35.5 Å². The number of allylic oxidation sites excluding steroid dienone is 3. The Morgan fingerprint density at radius 1 is 0.861 bits per heavy atom. The van der Waals surface area contributed by atoms with Gasteiger partial charge >= 0.3 is 5.97 Å². The Balaban J connectivity index is 1.72. The highest BCUT2D eigenvalue weighted by atomic mass is 16.6. The fourth-order valence-electron chi connectivity index (χ4n) is 11.6. The van der Waals surface area contributed by atoms with E-state index in [4.69, 9.17) is 38.0 Å². The third-order valence-electron chi connectivity index (χ3n) is 17.2. The smallest absolute Gasteiger partial charge is 0.329 e. The van der Waals surface area contributed by atoms with Crippen LogP contribution >= 0.6 is 0 Å². The van der Waals surface area contributed by atoms with E-state index in [9.17, 15) is 39.6 Å². The van der Waals surface area contributed by atoms with Crippen LogP contribution in [0.1, 0.15) is 146 Å². The zero-order chi connectivity index (χ0) is 58.4. The molecule has 0 spiro atoms. The number of esters is 1. The molecule has 1 unspecified atom stereocenters. The largest absolute Gasteiger partial charge is 0.460 e. The summed E-state index contributed by atoms with van der Waals surface area (Å²) in [6.07, 6.45) is 8.10. The molecule has 19 heteroatoms. The number of rotatable bonds is 16. The molecule has 1 saturated carbocycles. The van der Waals surface area contributed by atoms with Crippen LogP contribution in [0, 0.1) is 41.4 Å². The normalized spacial score (nSPS) is 36.4. The summed E-state index contributed by atoms with van der Waals surface area (Å²) >= 11 is 0. The number of amides is 2. The number of piperidine rings is 1. The minimum Gasteiger partial charge on any atom is -0.460 e. The van der Waals surface area contributed by atoms with Gasteiger partial charge in [0.05, 0.1) is 56.1 Å². The molecule has 5 N–H and O–H groups in total. The van der Waals surface area contributed by atoms with Gasteiger partial charge < -0.3 is 68.6 Å². The maximum absolute atomic E-state index is 14.6. The number of carbonyl (C=O) groups excluding carboxylic acids is 4. The Kier molecular flexibility index (Phi) is 29.3. The molecule has 0 radical (unpaired) electrons. The van der Waals surface area contributed by atoms with Crippen molar-refractivity contribution in [3.63, 3.8) is 0 Å². The van der Waals surface area contributed by atoms with Crippen molar-refractivity contribution in [2.24, 2.45) is 46.6 Å². The van der Waals surface area contributed by atoms with Gasteiger partial charge in [0.25, 0.3) is 17.6 Å². The molecular weight excluding hydrogens is 1020 g/mol. The second kappa shape index (κ2) is 34.1. The van der Waals surface area contributed by atoms with Crippen LogP contribution < -0.4 is 5.32 Å². The first-order valence-electron chi connectivity index (χ1n) is 29.3. The van der Waals surface area contributed by atoms with E-state index in [-0.39, 0.29) is 68.2 Å². The van der Waals surface area contributed by atoms with E-state index in [0.717, 1.165) is 18.4 Å². The van der Waals surface area contributed by atoms with Gasteiger partial charge in [-0.15, -0.1) is 0 Å². The highest BCUT2D eigenvalue weighted by molar-refractivity contribution is 6.39. The number of fused-ring (bicyclic) bond motifs is 3. The number of carbonyl (C=O) groups is 4. The molecule has 2 bridgehead atoms. The lowest BCUT2D eigenvalue weighted by molar-refractivity contribution is -0.265. The van der Waals surface area contributed by atoms with E-state index < -0.39 is 90.0 Å². The number of Topliss-reactive ketones (excluding diaryl/α,β-unsaturated/α-hetero) is 1. The molecule has 3 fully saturated rings. The van der Waals surface area contributed by atoms with Gasteiger partial charge in [-0.25, -0.2) is 4.79 Å². The molecule has 3 aliphatic heterocycles. The fraction of sp³-hybridized carbons (Fsp3) is 0.817. The van der Waals surface area contributed by atoms with Crippen molar-refractivity contribution in [1.82, 2.24) is 10.2 Å². The first-order chi connectivity index (χ1) is 37.6. The predicted octanol–water partition coefficient (Wildman–Crippen LogP) is 6.42. The minimum atomic E-state index is -2.43. The number of hydrogen-bond donors (Lipinski definition) is 5. The van der Waals surface area contributed by atoms with Crippen LogP contribution in [0.15, 0.2) is 40.6 Å². The van der Waals surface area contributed by atoms with Crippen molar-refractivity contribution in [3.8, 4) is 0 Å². The molecule has 2 amide bonds. The summed E-state index contributed by atoms with van der Waals surface area (Å²) in [7, 11) is 4.65. The van der Waals surface area contributed by atoms with Crippen molar-refractivity contribution in [2.45, 2.75) is 206 Å². The van der Waals surface area contributed by atoms with E-state index in [1.807, 2.05) is 46.8 Å². The average Bonchev–Trinajstić information content (AvgIpc) is 3.43. The van der Waals surface area contributed by atoms with E-state index >= 15 is 0 Å². The summed E-state index contributed by atoms with van der Waals surface area (Å²) in [5.41, 5.74) is 1.79. The van der Waals surface area contributed by atoms with Crippen LogP contribution in [0.25, 0.3) is 0 Å². The predicted molar refractivity (Wildman–Crippen MR) is 299 cm³/mol. The van der Waals surface area contributed by atoms with Gasteiger partial charge in [-0.05, 0) is 126 Å². The molecule has 4 rings (SSSR count). The SMILES string of the molecule is CCOCCOCCNC(=O)CO/N=C1\[C@H](C)C[C@H](C)C(C)CC=CC=C(C)[C@@H](OC)C[C@@H]2CC[C@@H](C)[C@@](O)(O2)C(=O)C(=O)N2CCCC[C@H]2C(=O)O[C@H]([C@H](C)C[C@@H]2CC[C@@H](O)[C@H](OC)C2)C[C@@H](O)[C@H](C)/C=C(\C)[C@@H](O)[C@H]1OC. The number of cyclic esters (lactones) is 1. The molecule has 17 atom stereocenters. The molecule has 3 heterocycles. The van der Waals surface area contributed by atoms with Crippen molar-refractivity contribution in [2.75, 3.05) is 67.5 Å². The number of nitrogens with one attached hydrogen (secondary N) is 1. The Morgan fingerprint density at radius 3 is 2.29 bits per heavy atom. The fourth-order valence-corrected chi connectivity index (χ4v) is 11.6.